The molecule has 3 nitrogen and oxygen atoms in total. The molecular formula is C17H19Cl2NO2. The Balaban J connectivity index is 1.97. The van der Waals surface area contributed by atoms with Gasteiger partial charge in [-0.2, -0.15) is 0 Å². The predicted molar refractivity (Wildman–Crippen MR) is 90.6 cm³/mol. The Morgan fingerprint density at radius 2 is 1.86 bits per heavy atom. The van der Waals surface area contributed by atoms with Gasteiger partial charge >= 0.3 is 0 Å². The molecule has 0 unspecified atom stereocenters. The van der Waals surface area contributed by atoms with Gasteiger partial charge in [-0.05, 0) is 31.2 Å². The largest absolute Gasteiger partial charge is 0.489 e. The number of halogens is 2. The average Bonchev–Trinajstić information content (AvgIpc) is 2.52. The van der Waals surface area contributed by atoms with Gasteiger partial charge in [-0.3, -0.25) is 0 Å². The number of hydrogen-bond acceptors (Lipinski definition) is 3. The fraction of sp³-hybridized carbons (Fsp3) is 0.294. The lowest BCUT2D eigenvalue weighted by Gasteiger charge is -2.13. The molecule has 0 saturated carbocycles. The van der Waals surface area contributed by atoms with Crippen molar-refractivity contribution in [1.82, 2.24) is 5.32 Å². The van der Waals surface area contributed by atoms with Gasteiger partial charge in [0.2, 0.25) is 0 Å². The molecule has 0 aliphatic rings. The van der Waals surface area contributed by atoms with E-state index in [0.29, 0.717) is 23.2 Å². The topological polar surface area (TPSA) is 41.5 Å². The van der Waals surface area contributed by atoms with Gasteiger partial charge in [0.15, 0.2) is 0 Å². The normalized spacial score (nSPS) is 10.7. The lowest BCUT2D eigenvalue weighted by Crippen LogP contribution is -2.16. The highest BCUT2D eigenvalue weighted by Gasteiger charge is 2.06. The zero-order valence-corrected chi connectivity index (χ0v) is 13.7. The standard InChI is InChI=1S/C17H19Cl2NO2/c18-15-7-6-14(16(19)10-15)12-22-17-5-2-1-4-13(17)11-20-8-3-9-21/h1-2,4-7,10,20-21H,3,8-9,11-12H2. The van der Waals surface area contributed by atoms with E-state index in [0.717, 1.165) is 29.8 Å². The lowest BCUT2D eigenvalue weighted by molar-refractivity contribution is 0.285. The van der Waals surface area contributed by atoms with Crippen molar-refractivity contribution in [3.05, 3.63) is 63.6 Å². The average molecular weight is 340 g/mol. The Kier molecular flexibility index (Phi) is 7.00. The number of hydrogen-bond donors (Lipinski definition) is 2. The minimum atomic E-state index is 0.195. The van der Waals surface area contributed by atoms with E-state index in [1.54, 1.807) is 12.1 Å². The quantitative estimate of drug-likeness (QED) is 0.713. The highest BCUT2D eigenvalue weighted by Crippen LogP contribution is 2.24. The molecule has 0 heterocycles. The van der Waals surface area contributed by atoms with Crippen LogP contribution in [0.25, 0.3) is 0 Å². The van der Waals surface area contributed by atoms with Crippen molar-refractivity contribution in [2.45, 2.75) is 19.6 Å². The van der Waals surface area contributed by atoms with E-state index in [2.05, 4.69) is 5.32 Å². The Hall–Kier alpha value is -1.26. The van der Waals surface area contributed by atoms with Crippen LogP contribution in [0.5, 0.6) is 5.75 Å². The fourth-order valence-corrected chi connectivity index (χ4v) is 2.48. The summed E-state index contributed by atoms with van der Waals surface area (Å²) in [5, 5.41) is 13.3. The molecule has 0 radical (unpaired) electrons. The van der Waals surface area contributed by atoms with E-state index < -0.39 is 0 Å². The maximum absolute atomic E-state index is 8.79. The van der Waals surface area contributed by atoms with Crippen molar-refractivity contribution in [2.24, 2.45) is 0 Å². The SMILES string of the molecule is OCCCNCc1ccccc1OCc1ccc(Cl)cc1Cl. The number of benzene rings is 2. The van der Waals surface area contributed by atoms with Crippen molar-refractivity contribution in [3.63, 3.8) is 0 Å². The molecule has 22 heavy (non-hydrogen) atoms. The Morgan fingerprint density at radius 1 is 1.05 bits per heavy atom. The third kappa shape index (κ3) is 5.18. The minimum absolute atomic E-state index is 0.195. The smallest absolute Gasteiger partial charge is 0.124 e. The second-order valence-electron chi connectivity index (χ2n) is 4.89. The fourth-order valence-electron chi connectivity index (χ4n) is 2.01. The summed E-state index contributed by atoms with van der Waals surface area (Å²) in [4.78, 5) is 0. The van der Waals surface area contributed by atoms with Gasteiger partial charge in [0.1, 0.15) is 12.4 Å². The second kappa shape index (κ2) is 9.01. The monoisotopic (exact) mass is 339 g/mol. The first-order valence-corrected chi connectivity index (χ1v) is 7.92. The van der Waals surface area contributed by atoms with E-state index >= 15 is 0 Å². The Morgan fingerprint density at radius 3 is 2.64 bits per heavy atom. The maximum atomic E-state index is 8.79. The molecule has 2 N–H and O–H groups in total. The molecule has 0 aliphatic carbocycles. The summed E-state index contributed by atoms with van der Waals surface area (Å²) in [6.45, 7) is 2.06. The molecule has 0 amide bonds. The number of rotatable bonds is 8. The summed E-state index contributed by atoms with van der Waals surface area (Å²) in [5.41, 5.74) is 1.97. The van der Waals surface area contributed by atoms with E-state index in [9.17, 15) is 0 Å². The van der Waals surface area contributed by atoms with Gasteiger partial charge in [0, 0.05) is 34.3 Å². The molecule has 0 atom stereocenters. The summed E-state index contributed by atoms with van der Waals surface area (Å²) < 4.78 is 5.88. The van der Waals surface area contributed by atoms with Gasteiger partial charge in [-0.15, -0.1) is 0 Å². The Bertz CT molecular complexity index is 605. The zero-order chi connectivity index (χ0) is 15.8. The van der Waals surface area contributed by atoms with E-state index in [-0.39, 0.29) is 6.61 Å². The van der Waals surface area contributed by atoms with E-state index in [4.69, 9.17) is 33.0 Å². The van der Waals surface area contributed by atoms with Crippen LogP contribution in [0, 0.1) is 0 Å². The van der Waals surface area contributed by atoms with Crippen molar-refractivity contribution in [1.29, 1.82) is 0 Å². The summed E-state index contributed by atoms with van der Waals surface area (Å²) in [6.07, 6.45) is 0.739. The predicted octanol–water partition coefficient (Wildman–Crippen LogP) is 4.04. The molecular weight excluding hydrogens is 321 g/mol. The summed E-state index contributed by atoms with van der Waals surface area (Å²) in [6, 6.07) is 13.3. The van der Waals surface area contributed by atoms with Crippen LogP contribution in [0.3, 0.4) is 0 Å². The third-order valence-electron chi connectivity index (χ3n) is 3.20. The number of ether oxygens (including phenoxy) is 1. The number of nitrogens with one attached hydrogen (secondary N) is 1. The van der Waals surface area contributed by atoms with Gasteiger partial charge in [0.05, 0.1) is 0 Å². The first kappa shape index (κ1) is 17.1. The van der Waals surface area contributed by atoms with Crippen LogP contribution in [0.1, 0.15) is 17.5 Å². The molecule has 2 aromatic carbocycles. The van der Waals surface area contributed by atoms with Gasteiger partial charge in [-0.25, -0.2) is 0 Å². The molecule has 5 heteroatoms. The maximum Gasteiger partial charge on any atom is 0.124 e. The molecule has 0 spiro atoms. The van der Waals surface area contributed by atoms with Gasteiger partial charge < -0.3 is 15.2 Å². The third-order valence-corrected chi connectivity index (χ3v) is 3.78. The van der Waals surface area contributed by atoms with Crippen LogP contribution in [0.2, 0.25) is 10.0 Å². The van der Waals surface area contributed by atoms with Crippen LogP contribution < -0.4 is 10.1 Å². The summed E-state index contributed by atoms with van der Waals surface area (Å²) in [5.74, 6) is 0.824. The van der Waals surface area contributed by atoms with E-state index in [1.165, 1.54) is 0 Å². The molecule has 0 aliphatic heterocycles. The van der Waals surface area contributed by atoms with Crippen molar-refractivity contribution in [3.8, 4) is 5.75 Å². The van der Waals surface area contributed by atoms with E-state index in [1.807, 2.05) is 30.3 Å². The molecule has 0 fully saturated rings. The van der Waals surface area contributed by atoms with Gasteiger partial charge in [-0.1, -0.05) is 47.5 Å². The number of para-hydroxylation sites is 1. The molecule has 118 valence electrons. The van der Waals surface area contributed by atoms with Crippen molar-refractivity contribution < 1.29 is 9.84 Å². The molecule has 2 rings (SSSR count). The first-order valence-electron chi connectivity index (χ1n) is 7.17. The van der Waals surface area contributed by atoms with Crippen LogP contribution in [0.4, 0.5) is 0 Å². The number of aliphatic hydroxyl groups is 1. The lowest BCUT2D eigenvalue weighted by atomic mass is 10.2. The molecule has 0 aromatic heterocycles. The molecule has 0 bridgehead atoms. The minimum Gasteiger partial charge on any atom is -0.489 e. The highest BCUT2D eigenvalue weighted by molar-refractivity contribution is 6.35. The van der Waals surface area contributed by atoms with Crippen LogP contribution in [0.15, 0.2) is 42.5 Å². The van der Waals surface area contributed by atoms with Crippen molar-refractivity contribution in [2.75, 3.05) is 13.2 Å². The highest BCUT2D eigenvalue weighted by atomic mass is 35.5. The van der Waals surface area contributed by atoms with Crippen LogP contribution >= 0.6 is 23.2 Å². The summed E-state index contributed by atoms with van der Waals surface area (Å²) >= 11 is 12.0. The molecule has 2 aromatic rings. The van der Waals surface area contributed by atoms with Crippen LogP contribution in [-0.4, -0.2) is 18.3 Å². The first-order chi connectivity index (χ1) is 10.7. The zero-order valence-electron chi connectivity index (χ0n) is 12.2. The van der Waals surface area contributed by atoms with Crippen molar-refractivity contribution >= 4 is 23.2 Å². The number of aliphatic hydroxyl groups excluding tert-OH is 1. The van der Waals surface area contributed by atoms with Gasteiger partial charge in [0.25, 0.3) is 0 Å². The molecule has 0 saturated heterocycles. The van der Waals surface area contributed by atoms with Crippen LogP contribution in [-0.2, 0) is 13.2 Å². The summed E-state index contributed by atoms with van der Waals surface area (Å²) in [7, 11) is 0. The Labute approximate surface area is 140 Å². The second-order valence-corrected chi connectivity index (χ2v) is 5.73.